The Labute approximate surface area is 206 Å². The van der Waals surface area contributed by atoms with Crippen LogP contribution in [0.5, 0.6) is 0 Å². The highest BCUT2D eigenvalue weighted by molar-refractivity contribution is 5.69. The maximum absolute atomic E-state index is 11.9. The molecule has 0 aliphatic carbocycles. The molecule has 0 N–H and O–H groups in total. The van der Waals surface area contributed by atoms with Crippen molar-refractivity contribution >= 4 is 5.97 Å². The van der Waals surface area contributed by atoms with Crippen LogP contribution in [0.4, 0.5) is 0 Å². The van der Waals surface area contributed by atoms with Crippen LogP contribution in [-0.2, 0) is 9.53 Å². The second-order valence-corrected chi connectivity index (χ2v) is 9.77. The van der Waals surface area contributed by atoms with E-state index in [1.807, 2.05) is 0 Å². The number of hydrogen-bond acceptors (Lipinski definition) is 2. The first-order valence-corrected chi connectivity index (χ1v) is 13.7. The van der Waals surface area contributed by atoms with Gasteiger partial charge in [0.25, 0.3) is 0 Å². The number of carbonyl (C=O) groups is 1. The van der Waals surface area contributed by atoms with Crippen molar-refractivity contribution in [1.29, 1.82) is 0 Å². The standard InChI is InChI=1S/C31H54O2/c1-6-7-8-9-10-11-12-13-14-15-16-17-18-25-31(32)33-27-26-30(5)24-20-23-29(4)22-19-21-28(2)3/h11-12,21,23,26H,6-10,13-20,22,24-25,27H2,1-5H3/b12-11-,29-23+,30-26+. The largest absolute Gasteiger partial charge is 0.461 e. The molecule has 0 aromatic rings. The molecule has 0 heterocycles. The van der Waals surface area contributed by atoms with Crippen LogP contribution in [0.3, 0.4) is 0 Å². The predicted molar refractivity (Wildman–Crippen MR) is 147 cm³/mol. The molecule has 0 spiro atoms. The molecule has 0 fully saturated rings. The summed E-state index contributed by atoms with van der Waals surface area (Å²) in [6.07, 6.45) is 30.0. The molecular weight excluding hydrogens is 404 g/mol. The SMILES string of the molecule is CCCCCC/C=C\CCCCCCCC(=O)OC/C=C(\C)CC/C=C(\C)CCC=C(C)C. The van der Waals surface area contributed by atoms with Crippen LogP contribution in [0.25, 0.3) is 0 Å². The summed E-state index contributed by atoms with van der Waals surface area (Å²) in [5.74, 6) is -0.0555. The van der Waals surface area contributed by atoms with Crippen molar-refractivity contribution in [3.8, 4) is 0 Å². The lowest BCUT2D eigenvalue weighted by molar-refractivity contribution is -0.142. The molecule has 0 aromatic heterocycles. The Kier molecular flexibility index (Phi) is 22.5. The van der Waals surface area contributed by atoms with Crippen LogP contribution in [0.1, 0.15) is 137 Å². The van der Waals surface area contributed by atoms with E-state index >= 15 is 0 Å². The summed E-state index contributed by atoms with van der Waals surface area (Å²) < 4.78 is 5.38. The topological polar surface area (TPSA) is 26.3 Å². The second kappa shape index (κ2) is 23.6. The van der Waals surface area contributed by atoms with E-state index in [9.17, 15) is 4.79 Å². The number of unbranched alkanes of at least 4 members (excludes halogenated alkanes) is 9. The Bertz CT molecular complexity index is 588. The summed E-state index contributed by atoms with van der Waals surface area (Å²) in [5, 5.41) is 0. The van der Waals surface area contributed by atoms with Crippen LogP contribution in [0, 0.1) is 0 Å². The van der Waals surface area contributed by atoms with Crippen molar-refractivity contribution in [2.75, 3.05) is 6.61 Å². The highest BCUT2D eigenvalue weighted by atomic mass is 16.5. The summed E-state index contributed by atoms with van der Waals surface area (Å²) in [4.78, 5) is 11.9. The molecule has 2 nitrogen and oxygen atoms in total. The van der Waals surface area contributed by atoms with Gasteiger partial charge in [-0.2, -0.15) is 0 Å². The smallest absolute Gasteiger partial charge is 0.306 e. The fraction of sp³-hybridized carbons (Fsp3) is 0.710. The Balaban J connectivity index is 3.62. The minimum absolute atomic E-state index is 0.0555. The molecule has 0 aliphatic heterocycles. The zero-order valence-corrected chi connectivity index (χ0v) is 22.7. The van der Waals surface area contributed by atoms with E-state index in [0.29, 0.717) is 13.0 Å². The van der Waals surface area contributed by atoms with Crippen molar-refractivity contribution in [3.05, 3.63) is 47.1 Å². The van der Waals surface area contributed by atoms with E-state index in [2.05, 4.69) is 65.0 Å². The lowest BCUT2D eigenvalue weighted by Crippen LogP contribution is -2.04. The van der Waals surface area contributed by atoms with Gasteiger partial charge in [0, 0.05) is 6.42 Å². The average molecular weight is 459 g/mol. The van der Waals surface area contributed by atoms with Gasteiger partial charge in [0.05, 0.1) is 0 Å². The fourth-order valence-electron chi connectivity index (χ4n) is 3.67. The molecule has 0 atom stereocenters. The maximum Gasteiger partial charge on any atom is 0.306 e. The molecule has 0 radical (unpaired) electrons. The Morgan fingerprint density at radius 3 is 1.79 bits per heavy atom. The molecular formula is C31H54O2. The van der Waals surface area contributed by atoms with E-state index < -0.39 is 0 Å². The Hall–Kier alpha value is -1.57. The lowest BCUT2D eigenvalue weighted by Gasteiger charge is -2.04. The molecule has 0 saturated heterocycles. The van der Waals surface area contributed by atoms with E-state index in [1.54, 1.807) is 0 Å². The number of hydrogen-bond donors (Lipinski definition) is 0. The summed E-state index contributed by atoms with van der Waals surface area (Å²) >= 11 is 0. The zero-order valence-electron chi connectivity index (χ0n) is 22.7. The first-order valence-electron chi connectivity index (χ1n) is 13.7. The van der Waals surface area contributed by atoms with Crippen molar-refractivity contribution in [2.24, 2.45) is 0 Å². The molecule has 2 heteroatoms. The van der Waals surface area contributed by atoms with Gasteiger partial charge in [-0.15, -0.1) is 0 Å². The molecule has 0 rings (SSSR count). The van der Waals surface area contributed by atoms with E-state index in [4.69, 9.17) is 4.74 Å². The van der Waals surface area contributed by atoms with E-state index in [-0.39, 0.29) is 5.97 Å². The number of ether oxygens (including phenoxy) is 1. The van der Waals surface area contributed by atoms with Gasteiger partial charge in [0.15, 0.2) is 0 Å². The van der Waals surface area contributed by atoms with Crippen LogP contribution in [0.15, 0.2) is 47.1 Å². The minimum atomic E-state index is -0.0555. The van der Waals surface area contributed by atoms with Crippen LogP contribution >= 0.6 is 0 Å². The van der Waals surface area contributed by atoms with E-state index in [0.717, 1.165) is 38.5 Å². The van der Waals surface area contributed by atoms with Crippen molar-refractivity contribution in [2.45, 2.75) is 137 Å². The summed E-state index contributed by atoms with van der Waals surface area (Å²) in [6.45, 7) is 11.3. The molecule has 0 bridgehead atoms. The van der Waals surface area contributed by atoms with Gasteiger partial charge in [-0.25, -0.2) is 0 Å². The molecule has 0 saturated carbocycles. The van der Waals surface area contributed by atoms with Crippen molar-refractivity contribution in [1.82, 2.24) is 0 Å². The molecule has 0 unspecified atom stereocenters. The van der Waals surface area contributed by atoms with Crippen molar-refractivity contribution in [3.63, 3.8) is 0 Å². The van der Waals surface area contributed by atoms with Gasteiger partial charge in [0.2, 0.25) is 0 Å². The van der Waals surface area contributed by atoms with Gasteiger partial charge in [-0.05, 0) is 91.6 Å². The van der Waals surface area contributed by atoms with Crippen LogP contribution < -0.4 is 0 Å². The first kappa shape index (κ1) is 31.4. The third-order valence-electron chi connectivity index (χ3n) is 5.94. The van der Waals surface area contributed by atoms with Crippen LogP contribution in [0.2, 0.25) is 0 Å². The van der Waals surface area contributed by atoms with Gasteiger partial charge < -0.3 is 4.74 Å². The third kappa shape index (κ3) is 24.9. The third-order valence-corrected chi connectivity index (χ3v) is 5.94. The number of esters is 1. The normalized spacial score (nSPS) is 12.4. The summed E-state index contributed by atoms with van der Waals surface area (Å²) in [6, 6.07) is 0. The highest BCUT2D eigenvalue weighted by Gasteiger charge is 2.01. The molecule has 0 aromatic carbocycles. The minimum Gasteiger partial charge on any atom is -0.461 e. The average Bonchev–Trinajstić information content (AvgIpc) is 2.76. The van der Waals surface area contributed by atoms with E-state index in [1.165, 1.54) is 74.5 Å². The first-order chi connectivity index (χ1) is 16.0. The fourth-order valence-corrected chi connectivity index (χ4v) is 3.67. The second-order valence-electron chi connectivity index (χ2n) is 9.77. The number of rotatable bonds is 21. The lowest BCUT2D eigenvalue weighted by atomic mass is 10.1. The monoisotopic (exact) mass is 458 g/mol. The maximum atomic E-state index is 11.9. The molecule has 0 aliphatic rings. The van der Waals surface area contributed by atoms with Crippen LogP contribution in [-0.4, -0.2) is 12.6 Å². The molecule has 0 amide bonds. The Morgan fingerprint density at radius 1 is 0.606 bits per heavy atom. The number of allylic oxidation sites excluding steroid dienone is 7. The quantitative estimate of drug-likeness (QED) is 0.0971. The van der Waals surface area contributed by atoms with Gasteiger partial charge in [-0.1, -0.05) is 86.5 Å². The van der Waals surface area contributed by atoms with Crippen molar-refractivity contribution < 1.29 is 9.53 Å². The van der Waals surface area contributed by atoms with Gasteiger partial charge >= 0.3 is 5.97 Å². The summed E-state index contributed by atoms with van der Waals surface area (Å²) in [5.41, 5.74) is 4.15. The van der Waals surface area contributed by atoms with Gasteiger partial charge in [0.1, 0.15) is 6.61 Å². The number of carbonyl (C=O) groups excluding carboxylic acids is 1. The zero-order chi connectivity index (χ0) is 24.6. The van der Waals surface area contributed by atoms with Gasteiger partial charge in [-0.3, -0.25) is 4.79 Å². The Morgan fingerprint density at radius 2 is 1.15 bits per heavy atom. The highest BCUT2D eigenvalue weighted by Crippen LogP contribution is 2.12. The molecule has 190 valence electrons. The predicted octanol–water partition coefficient (Wildman–Crippen LogP) is 10.2. The molecule has 33 heavy (non-hydrogen) atoms. The summed E-state index contributed by atoms with van der Waals surface area (Å²) in [7, 11) is 0.